The van der Waals surface area contributed by atoms with Crippen LogP contribution >= 0.6 is 0 Å². The summed E-state index contributed by atoms with van der Waals surface area (Å²) in [6, 6.07) is 5.92. The van der Waals surface area contributed by atoms with Gasteiger partial charge >= 0.3 is 5.97 Å². The Morgan fingerprint density at radius 3 is 2.52 bits per heavy atom. The highest BCUT2D eigenvalue weighted by Gasteiger charge is 1.97. The largest absolute Gasteiger partial charge is 0.463 e. The van der Waals surface area contributed by atoms with Crippen molar-refractivity contribution in [3.05, 3.63) is 41.7 Å². The van der Waals surface area contributed by atoms with Gasteiger partial charge in [0.05, 0.1) is 6.61 Å². The molecule has 0 saturated heterocycles. The number of esters is 1. The van der Waals surface area contributed by atoms with Gasteiger partial charge in [0.1, 0.15) is 5.82 Å². The minimum absolute atomic E-state index is 0.294. The number of carbonyl (C=O) groups excluding carboxylic acids is 1. The van der Waals surface area contributed by atoms with Gasteiger partial charge < -0.3 is 9.47 Å². The fourth-order valence-corrected chi connectivity index (χ4v) is 1.69. The van der Waals surface area contributed by atoms with Crippen LogP contribution in [0.2, 0.25) is 0 Å². The first kappa shape index (κ1) is 17.4. The second-order valence-electron chi connectivity index (χ2n) is 4.73. The minimum Gasteiger partial charge on any atom is -0.463 e. The third-order valence-corrected chi connectivity index (χ3v) is 2.81. The van der Waals surface area contributed by atoms with E-state index >= 15 is 0 Å². The number of benzene rings is 1. The number of ether oxygens (including phenoxy) is 2. The summed E-state index contributed by atoms with van der Waals surface area (Å²) in [5.41, 5.74) is 0.765. The Bertz CT molecular complexity index is 426. The predicted molar refractivity (Wildman–Crippen MR) is 81.4 cm³/mol. The summed E-state index contributed by atoms with van der Waals surface area (Å²) in [7, 11) is 0. The Balaban J connectivity index is 2.07. The second-order valence-corrected chi connectivity index (χ2v) is 4.73. The van der Waals surface area contributed by atoms with E-state index < -0.39 is 0 Å². The van der Waals surface area contributed by atoms with Crippen molar-refractivity contribution in [2.24, 2.45) is 0 Å². The van der Waals surface area contributed by atoms with Crippen molar-refractivity contribution >= 4 is 12.0 Å². The quantitative estimate of drug-likeness (QED) is 0.372. The highest BCUT2D eigenvalue weighted by Crippen LogP contribution is 2.05. The first-order valence-corrected chi connectivity index (χ1v) is 7.40. The van der Waals surface area contributed by atoms with Crippen LogP contribution in [0.3, 0.4) is 0 Å². The van der Waals surface area contributed by atoms with E-state index in [0.29, 0.717) is 6.61 Å². The predicted octanol–water partition coefficient (Wildman–Crippen LogP) is 3.98. The van der Waals surface area contributed by atoms with Crippen LogP contribution in [-0.4, -0.2) is 25.8 Å². The maximum Gasteiger partial charge on any atom is 0.330 e. The van der Waals surface area contributed by atoms with E-state index in [4.69, 9.17) is 9.47 Å². The smallest absolute Gasteiger partial charge is 0.330 e. The summed E-state index contributed by atoms with van der Waals surface area (Å²) >= 11 is 0. The van der Waals surface area contributed by atoms with Crippen LogP contribution in [0.15, 0.2) is 30.3 Å². The topological polar surface area (TPSA) is 35.5 Å². The first-order chi connectivity index (χ1) is 10.2. The van der Waals surface area contributed by atoms with E-state index in [2.05, 4.69) is 6.92 Å². The lowest BCUT2D eigenvalue weighted by atomic mass is 10.2. The van der Waals surface area contributed by atoms with Gasteiger partial charge in [-0.15, -0.1) is 0 Å². The molecule has 3 nitrogen and oxygen atoms in total. The summed E-state index contributed by atoms with van der Waals surface area (Å²) in [5.74, 6) is -0.667. The molecule has 0 fully saturated rings. The van der Waals surface area contributed by atoms with Crippen molar-refractivity contribution in [1.29, 1.82) is 0 Å². The zero-order chi connectivity index (χ0) is 15.3. The normalized spacial score (nSPS) is 11.0. The van der Waals surface area contributed by atoms with Gasteiger partial charge in [-0.05, 0) is 49.5 Å². The van der Waals surface area contributed by atoms with Crippen molar-refractivity contribution < 1.29 is 18.7 Å². The molecular formula is C17H23FO3. The molecule has 116 valence electrons. The fraction of sp³-hybridized carbons (Fsp3) is 0.471. The molecule has 21 heavy (non-hydrogen) atoms. The Kier molecular flexibility index (Phi) is 9.13. The summed E-state index contributed by atoms with van der Waals surface area (Å²) in [5, 5.41) is 0. The van der Waals surface area contributed by atoms with E-state index in [-0.39, 0.29) is 11.8 Å². The van der Waals surface area contributed by atoms with Crippen LogP contribution in [0.5, 0.6) is 0 Å². The molecule has 0 aliphatic rings. The maximum atomic E-state index is 12.7. The number of unbranched alkanes of at least 4 members (excludes halogenated alkanes) is 2. The molecule has 0 radical (unpaired) electrons. The standard InChI is InChI=1S/C17H23FO3/c1-2-12-20-13-4-3-5-14-21-17(19)11-8-15-6-9-16(18)10-7-15/h6-11H,2-5,12-14H2,1H3. The van der Waals surface area contributed by atoms with Crippen molar-refractivity contribution in [3.8, 4) is 0 Å². The van der Waals surface area contributed by atoms with Gasteiger partial charge in [0.25, 0.3) is 0 Å². The lowest BCUT2D eigenvalue weighted by molar-refractivity contribution is -0.137. The molecule has 0 N–H and O–H groups in total. The Morgan fingerprint density at radius 1 is 1.10 bits per heavy atom. The first-order valence-electron chi connectivity index (χ1n) is 7.40. The highest BCUT2D eigenvalue weighted by molar-refractivity contribution is 5.86. The minimum atomic E-state index is -0.374. The van der Waals surface area contributed by atoms with Gasteiger partial charge in [0.15, 0.2) is 0 Å². The van der Waals surface area contributed by atoms with E-state index in [1.807, 2.05) is 0 Å². The van der Waals surface area contributed by atoms with Gasteiger partial charge in [-0.1, -0.05) is 19.1 Å². The van der Waals surface area contributed by atoms with Crippen LogP contribution < -0.4 is 0 Å². The summed E-state index contributed by atoms with van der Waals surface area (Å²) < 4.78 is 23.1. The van der Waals surface area contributed by atoms with Gasteiger partial charge in [-0.25, -0.2) is 9.18 Å². The lowest BCUT2D eigenvalue weighted by Crippen LogP contribution is -2.03. The van der Waals surface area contributed by atoms with Crippen molar-refractivity contribution in [2.45, 2.75) is 32.6 Å². The van der Waals surface area contributed by atoms with Crippen molar-refractivity contribution in [2.75, 3.05) is 19.8 Å². The number of carbonyl (C=O) groups is 1. The molecule has 0 amide bonds. The van der Waals surface area contributed by atoms with Crippen LogP contribution in [0.25, 0.3) is 6.08 Å². The molecule has 0 atom stereocenters. The van der Waals surface area contributed by atoms with Gasteiger partial charge in [0, 0.05) is 19.3 Å². The Morgan fingerprint density at radius 2 is 1.81 bits per heavy atom. The molecule has 0 spiro atoms. The van der Waals surface area contributed by atoms with E-state index in [1.54, 1.807) is 18.2 Å². The highest BCUT2D eigenvalue weighted by atomic mass is 19.1. The van der Waals surface area contributed by atoms with Crippen LogP contribution in [0.4, 0.5) is 4.39 Å². The zero-order valence-electron chi connectivity index (χ0n) is 12.5. The van der Waals surface area contributed by atoms with Gasteiger partial charge in [-0.3, -0.25) is 0 Å². The number of rotatable bonds is 10. The van der Waals surface area contributed by atoms with Crippen molar-refractivity contribution in [3.63, 3.8) is 0 Å². The van der Waals surface area contributed by atoms with E-state index in [1.165, 1.54) is 18.2 Å². The number of hydrogen-bond donors (Lipinski definition) is 0. The van der Waals surface area contributed by atoms with Crippen LogP contribution in [-0.2, 0) is 14.3 Å². The molecule has 0 aliphatic heterocycles. The average Bonchev–Trinajstić information content (AvgIpc) is 2.49. The molecule has 0 saturated carbocycles. The Hall–Kier alpha value is -1.68. The molecule has 1 aromatic rings. The van der Waals surface area contributed by atoms with E-state index in [9.17, 15) is 9.18 Å². The van der Waals surface area contributed by atoms with E-state index in [0.717, 1.165) is 44.5 Å². The summed E-state index contributed by atoms with van der Waals surface area (Å²) in [4.78, 5) is 11.4. The molecule has 0 aromatic heterocycles. The molecule has 1 rings (SSSR count). The molecule has 0 bridgehead atoms. The van der Waals surface area contributed by atoms with Gasteiger partial charge in [-0.2, -0.15) is 0 Å². The fourth-order valence-electron chi connectivity index (χ4n) is 1.69. The second kappa shape index (κ2) is 11.0. The molecule has 0 heterocycles. The number of halogens is 1. The average molecular weight is 294 g/mol. The summed E-state index contributed by atoms with van der Waals surface area (Å²) in [6.45, 7) is 4.08. The zero-order valence-corrected chi connectivity index (χ0v) is 12.5. The molecule has 0 aliphatic carbocycles. The SMILES string of the molecule is CCCOCCCCCOC(=O)C=Cc1ccc(F)cc1. The third-order valence-electron chi connectivity index (χ3n) is 2.81. The van der Waals surface area contributed by atoms with Crippen LogP contribution in [0.1, 0.15) is 38.2 Å². The molecule has 0 unspecified atom stereocenters. The maximum absolute atomic E-state index is 12.7. The Labute approximate surface area is 125 Å². The monoisotopic (exact) mass is 294 g/mol. The number of hydrogen-bond acceptors (Lipinski definition) is 3. The molecule has 1 aromatic carbocycles. The molecule has 4 heteroatoms. The lowest BCUT2D eigenvalue weighted by Gasteiger charge is -2.03. The summed E-state index contributed by atoms with van der Waals surface area (Å²) in [6.07, 6.45) is 6.82. The van der Waals surface area contributed by atoms with Gasteiger partial charge in [0.2, 0.25) is 0 Å². The molecular weight excluding hydrogens is 271 g/mol. The third kappa shape index (κ3) is 8.97. The van der Waals surface area contributed by atoms with Crippen molar-refractivity contribution in [1.82, 2.24) is 0 Å². The van der Waals surface area contributed by atoms with Crippen LogP contribution in [0, 0.1) is 5.82 Å².